The first-order chi connectivity index (χ1) is 12.0. The van der Waals surface area contributed by atoms with Crippen LogP contribution in [0.2, 0.25) is 0 Å². The zero-order valence-electron chi connectivity index (χ0n) is 15.2. The summed E-state index contributed by atoms with van der Waals surface area (Å²) in [5, 5.41) is 0. The van der Waals surface area contributed by atoms with Crippen molar-refractivity contribution in [3.05, 3.63) is 41.6 Å². The van der Waals surface area contributed by atoms with Crippen molar-refractivity contribution >= 4 is 23.0 Å². The molecule has 0 N–H and O–H groups in total. The van der Waals surface area contributed by atoms with E-state index in [9.17, 15) is 0 Å². The van der Waals surface area contributed by atoms with Gasteiger partial charge in [0, 0.05) is 24.6 Å². The number of imidazole rings is 1. The molecule has 2 heterocycles. The Hall–Kier alpha value is -2.05. The topological polar surface area (TPSA) is 49.2 Å². The van der Waals surface area contributed by atoms with E-state index in [4.69, 9.17) is 14.5 Å². The van der Waals surface area contributed by atoms with Gasteiger partial charge >= 0.3 is 0 Å². The molecule has 0 saturated carbocycles. The van der Waals surface area contributed by atoms with E-state index in [0.29, 0.717) is 6.61 Å². The number of rotatable bonds is 6. The molecule has 0 radical (unpaired) electrons. The van der Waals surface area contributed by atoms with Crippen LogP contribution in [0, 0.1) is 13.8 Å². The van der Waals surface area contributed by atoms with Crippen LogP contribution in [0.4, 0.5) is 0 Å². The number of fused-ring (bicyclic) bond motifs is 1. The molecule has 2 aromatic heterocycles. The number of nitrogens with zero attached hydrogens (tertiary/aromatic N) is 3. The molecule has 1 unspecified atom stereocenters. The molecule has 6 heteroatoms. The van der Waals surface area contributed by atoms with Crippen LogP contribution in [-0.2, 0) is 4.74 Å². The Bertz CT molecular complexity index is 892. The molecule has 132 valence electrons. The number of ether oxygens (including phenoxy) is 2. The number of hydrogen-bond acceptors (Lipinski definition) is 5. The third-order valence-electron chi connectivity index (χ3n) is 4.01. The van der Waals surface area contributed by atoms with Gasteiger partial charge in [-0.3, -0.25) is 8.96 Å². The van der Waals surface area contributed by atoms with Crippen molar-refractivity contribution in [2.45, 2.75) is 34.0 Å². The zero-order valence-corrected chi connectivity index (χ0v) is 16.1. The van der Waals surface area contributed by atoms with E-state index in [0.717, 1.165) is 33.9 Å². The lowest BCUT2D eigenvalue weighted by Crippen LogP contribution is -2.16. The molecular weight excluding hydrogens is 334 g/mol. The average molecular weight is 357 g/mol. The average Bonchev–Trinajstić information content (AvgIpc) is 2.94. The minimum absolute atomic E-state index is 0.305. The van der Waals surface area contributed by atoms with Crippen molar-refractivity contribution in [1.82, 2.24) is 13.9 Å². The lowest BCUT2D eigenvalue weighted by molar-refractivity contribution is -0.0616. The minimum atomic E-state index is -0.305. The SMILES string of the molecule is CCOC(C)Oc1ccnc(-c2nc3cc(C)ccc3n2SC)c1C. The summed E-state index contributed by atoms with van der Waals surface area (Å²) in [7, 11) is 0. The van der Waals surface area contributed by atoms with Crippen molar-refractivity contribution < 1.29 is 9.47 Å². The van der Waals surface area contributed by atoms with Gasteiger partial charge in [0.25, 0.3) is 0 Å². The van der Waals surface area contributed by atoms with Gasteiger partial charge < -0.3 is 9.47 Å². The third kappa shape index (κ3) is 3.50. The molecule has 0 fully saturated rings. The first-order valence-electron chi connectivity index (χ1n) is 8.33. The van der Waals surface area contributed by atoms with Crippen LogP contribution in [-0.4, -0.2) is 33.1 Å². The van der Waals surface area contributed by atoms with Gasteiger partial charge in [0.15, 0.2) is 12.1 Å². The van der Waals surface area contributed by atoms with Crippen LogP contribution in [0.1, 0.15) is 25.0 Å². The van der Waals surface area contributed by atoms with Gasteiger partial charge in [0.05, 0.1) is 11.0 Å². The van der Waals surface area contributed by atoms with Crippen molar-refractivity contribution in [2.75, 3.05) is 12.9 Å². The van der Waals surface area contributed by atoms with Gasteiger partial charge in [-0.1, -0.05) is 6.07 Å². The predicted octanol–water partition coefficient (Wildman–Crippen LogP) is 4.60. The Morgan fingerprint density at radius 2 is 2.04 bits per heavy atom. The molecule has 25 heavy (non-hydrogen) atoms. The molecule has 0 aliphatic carbocycles. The maximum Gasteiger partial charge on any atom is 0.196 e. The van der Waals surface area contributed by atoms with Gasteiger partial charge in [0.1, 0.15) is 11.4 Å². The summed E-state index contributed by atoms with van der Waals surface area (Å²) in [6.07, 6.45) is 3.49. The lowest BCUT2D eigenvalue weighted by atomic mass is 10.2. The molecule has 5 nitrogen and oxygen atoms in total. The van der Waals surface area contributed by atoms with Gasteiger partial charge in [-0.15, -0.1) is 0 Å². The van der Waals surface area contributed by atoms with E-state index in [2.05, 4.69) is 34.1 Å². The maximum atomic E-state index is 5.91. The zero-order chi connectivity index (χ0) is 18.0. The van der Waals surface area contributed by atoms with Crippen LogP contribution in [0.25, 0.3) is 22.6 Å². The van der Waals surface area contributed by atoms with E-state index in [1.165, 1.54) is 5.56 Å². The van der Waals surface area contributed by atoms with Crippen LogP contribution in [0.3, 0.4) is 0 Å². The van der Waals surface area contributed by atoms with E-state index < -0.39 is 0 Å². The number of pyridine rings is 1. The highest BCUT2D eigenvalue weighted by Crippen LogP contribution is 2.32. The molecule has 0 spiro atoms. The molecule has 3 aromatic rings. The molecule has 1 atom stereocenters. The van der Waals surface area contributed by atoms with Crippen LogP contribution >= 0.6 is 11.9 Å². The standard InChI is InChI=1S/C19H23N3O2S/c1-6-23-14(4)24-17-9-10-20-18(13(17)3)19-21-15-11-12(2)7-8-16(15)22(19)25-5/h7-11,14H,6H2,1-5H3. The highest BCUT2D eigenvalue weighted by atomic mass is 32.2. The van der Waals surface area contributed by atoms with Crippen molar-refractivity contribution in [1.29, 1.82) is 0 Å². The Morgan fingerprint density at radius 3 is 2.76 bits per heavy atom. The molecule has 0 bridgehead atoms. The molecule has 0 saturated heterocycles. The third-order valence-corrected chi connectivity index (χ3v) is 4.75. The van der Waals surface area contributed by atoms with Gasteiger partial charge in [-0.05, 0) is 63.4 Å². The van der Waals surface area contributed by atoms with Crippen molar-refractivity contribution in [3.63, 3.8) is 0 Å². The second-order valence-electron chi connectivity index (χ2n) is 5.83. The Labute approximate surface area is 152 Å². The number of hydrogen-bond donors (Lipinski definition) is 0. The summed E-state index contributed by atoms with van der Waals surface area (Å²) >= 11 is 1.62. The summed E-state index contributed by atoms with van der Waals surface area (Å²) < 4.78 is 13.5. The highest BCUT2D eigenvalue weighted by Gasteiger charge is 2.18. The largest absolute Gasteiger partial charge is 0.465 e. The first-order valence-corrected chi connectivity index (χ1v) is 9.51. The minimum Gasteiger partial charge on any atom is -0.465 e. The monoisotopic (exact) mass is 357 g/mol. The van der Waals surface area contributed by atoms with Gasteiger partial charge in [0.2, 0.25) is 0 Å². The van der Waals surface area contributed by atoms with E-state index in [1.807, 2.05) is 33.1 Å². The summed E-state index contributed by atoms with van der Waals surface area (Å²) in [5.41, 5.74) is 5.03. The van der Waals surface area contributed by atoms with E-state index in [-0.39, 0.29) is 6.29 Å². The fourth-order valence-corrected chi connectivity index (χ4v) is 3.47. The van der Waals surface area contributed by atoms with Gasteiger partial charge in [-0.25, -0.2) is 4.98 Å². The van der Waals surface area contributed by atoms with Crippen LogP contribution in [0.15, 0.2) is 30.5 Å². The number of benzene rings is 1. The predicted molar refractivity (Wildman–Crippen MR) is 103 cm³/mol. The van der Waals surface area contributed by atoms with Crippen molar-refractivity contribution in [2.24, 2.45) is 0 Å². The number of aryl methyl sites for hydroxylation is 1. The first kappa shape index (κ1) is 17.8. The molecule has 0 amide bonds. The Kier molecular flexibility index (Phi) is 5.30. The lowest BCUT2D eigenvalue weighted by Gasteiger charge is -2.17. The van der Waals surface area contributed by atoms with Crippen LogP contribution < -0.4 is 4.74 Å². The smallest absolute Gasteiger partial charge is 0.196 e. The van der Waals surface area contributed by atoms with E-state index >= 15 is 0 Å². The van der Waals surface area contributed by atoms with Crippen molar-refractivity contribution in [3.8, 4) is 17.3 Å². The highest BCUT2D eigenvalue weighted by molar-refractivity contribution is 7.97. The second kappa shape index (κ2) is 7.45. The molecule has 0 aliphatic heterocycles. The maximum absolute atomic E-state index is 5.91. The van der Waals surface area contributed by atoms with Crippen LogP contribution in [0.5, 0.6) is 5.75 Å². The summed E-state index contributed by atoms with van der Waals surface area (Å²) in [5.74, 6) is 1.60. The fourth-order valence-electron chi connectivity index (χ4n) is 2.82. The second-order valence-corrected chi connectivity index (χ2v) is 6.56. The molecule has 3 rings (SSSR count). The Morgan fingerprint density at radius 1 is 1.24 bits per heavy atom. The molecule has 0 aliphatic rings. The normalized spacial score (nSPS) is 12.5. The van der Waals surface area contributed by atoms with Gasteiger partial charge in [-0.2, -0.15) is 0 Å². The molecule has 1 aromatic carbocycles. The quantitative estimate of drug-likeness (QED) is 0.603. The fraction of sp³-hybridized carbons (Fsp3) is 0.368. The number of aromatic nitrogens is 3. The van der Waals surface area contributed by atoms with E-state index in [1.54, 1.807) is 18.1 Å². The summed E-state index contributed by atoms with van der Waals surface area (Å²) in [6, 6.07) is 8.16. The summed E-state index contributed by atoms with van der Waals surface area (Å²) in [6.45, 7) is 8.53. The molecular formula is C19H23N3O2S. The summed E-state index contributed by atoms with van der Waals surface area (Å²) in [4.78, 5) is 9.40. The Balaban J connectivity index is 2.09.